The van der Waals surface area contributed by atoms with Gasteiger partial charge in [0.15, 0.2) is 0 Å². The monoisotopic (exact) mass is 308 g/mol. The lowest BCUT2D eigenvalue weighted by Crippen LogP contribution is -2.39. The lowest BCUT2D eigenvalue weighted by Gasteiger charge is -2.23. The van der Waals surface area contributed by atoms with Gasteiger partial charge in [0.05, 0.1) is 12.7 Å². The number of hydrogen-bond donors (Lipinski definition) is 3. The van der Waals surface area contributed by atoms with Gasteiger partial charge in [0.1, 0.15) is 0 Å². The molecule has 1 aromatic rings. The molecule has 0 bridgehead atoms. The van der Waals surface area contributed by atoms with Crippen molar-refractivity contribution in [2.45, 2.75) is 51.9 Å². The van der Waals surface area contributed by atoms with Gasteiger partial charge in [0, 0.05) is 12.1 Å². The molecule has 1 saturated heterocycles. The maximum atomic E-state index is 9.90. The minimum atomic E-state index is -0.975. The van der Waals surface area contributed by atoms with Crippen molar-refractivity contribution in [2.75, 3.05) is 13.1 Å². The maximum Gasteiger partial charge on any atom is 0.405 e. The van der Waals surface area contributed by atoms with Crippen LogP contribution in [0.15, 0.2) is 30.3 Å². The lowest BCUT2D eigenvalue weighted by molar-refractivity contribution is 0.0253. The molecule has 0 spiro atoms. The SMILES string of the molecule is CC(C)(C)NC(=O)O.c1ccc(CO[C@@H]2CCCNC2)cc1. The molecule has 1 aliphatic heterocycles. The second-order valence-electron chi connectivity index (χ2n) is 6.45. The molecule has 1 aliphatic rings. The van der Waals surface area contributed by atoms with Crippen LogP contribution in [0.4, 0.5) is 4.79 Å². The molecular formula is C17H28N2O3. The molecule has 124 valence electrons. The number of amides is 1. The third-order valence-electron chi connectivity index (χ3n) is 3.06. The molecule has 1 amide bonds. The Morgan fingerprint density at radius 2 is 2.05 bits per heavy atom. The van der Waals surface area contributed by atoms with Gasteiger partial charge in [-0.05, 0) is 45.7 Å². The fourth-order valence-corrected chi connectivity index (χ4v) is 2.07. The third-order valence-corrected chi connectivity index (χ3v) is 3.06. The second kappa shape index (κ2) is 9.43. The molecule has 2 rings (SSSR count). The van der Waals surface area contributed by atoms with Crippen molar-refractivity contribution in [3.63, 3.8) is 0 Å². The molecule has 0 aliphatic carbocycles. The maximum absolute atomic E-state index is 9.90. The fourth-order valence-electron chi connectivity index (χ4n) is 2.07. The first-order valence-corrected chi connectivity index (χ1v) is 7.74. The summed E-state index contributed by atoms with van der Waals surface area (Å²) in [5.41, 5.74) is 0.935. The average molecular weight is 308 g/mol. The first-order valence-electron chi connectivity index (χ1n) is 7.74. The van der Waals surface area contributed by atoms with Gasteiger partial charge in [-0.1, -0.05) is 30.3 Å². The summed E-state index contributed by atoms with van der Waals surface area (Å²) in [5.74, 6) is 0. The van der Waals surface area contributed by atoms with Crippen molar-refractivity contribution in [3.05, 3.63) is 35.9 Å². The van der Waals surface area contributed by atoms with Crippen LogP contribution in [-0.2, 0) is 11.3 Å². The highest BCUT2D eigenvalue weighted by atomic mass is 16.5. The molecule has 22 heavy (non-hydrogen) atoms. The molecule has 5 nitrogen and oxygen atoms in total. The Bertz CT molecular complexity index is 423. The smallest absolute Gasteiger partial charge is 0.405 e. The predicted octanol–water partition coefficient (Wildman–Crippen LogP) is 3.01. The molecule has 1 heterocycles. The van der Waals surface area contributed by atoms with E-state index in [1.807, 2.05) is 6.07 Å². The van der Waals surface area contributed by atoms with E-state index in [4.69, 9.17) is 9.84 Å². The zero-order valence-corrected chi connectivity index (χ0v) is 13.8. The van der Waals surface area contributed by atoms with Crippen molar-refractivity contribution in [3.8, 4) is 0 Å². The van der Waals surface area contributed by atoms with Crippen LogP contribution in [0, 0.1) is 0 Å². The lowest BCUT2D eigenvalue weighted by atomic mass is 10.1. The number of ether oxygens (including phenoxy) is 1. The van der Waals surface area contributed by atoms with Crippen LogP contribution in [0.1, 0.15) is 39.2 Å². The van der Waals surface area contributed by atoms with E-state index in [0.717, 1.165) is 19.7 Å². The largest absolute Gasteiger partial charge is 0.465 e. The Morgan fingerprint density at radius 1 is 1.36 bits per heavy atom. The summed E-state index contributed by atoms with van der Waals surface area (Å²) in [6, 6.07) is 10.4. The van der Waals surface area contributed by atoms with Crippen molar-refractivity contribution in [1.82, 2.24) is 10.6 Å². The standard InChI is InChI=1S/C12H17NO.C5H11NO2/c1-2-5-11(6-3-1)10-14-12-7-4-8-13-9-12;1-5(2,3)6-4(7)8/h1-3,5-6,12-13H,4,7-10H2;6H,1-3H3,(H,7,8)/t12-;/m1./s1. The average Bonchev–Trinajstić information content (AvgIpc) is 2.45. The summed E-state index contributed by atoms with van der Waals surface area (Å²) in [7, 11) is 0. The van der Waals surface area contributed by atoms with Gasteiger partial charge in [-0.15, -0.1) is 0 Å². The number of carbonyl (C=O) groups is 1. The Morgan fingerprint density at radius 3 is 2.50 bits per heavy atom. The van der Waals surface area contributed by atoms with Crippen LogP contribution in [0.25, 0.3) is 0 Å². The molecule has 0 unspecified atom stereocenters. The molecule has 5 heteroatoms. The minimum absolute atomic E-state index is 0.328. The van der Waals surface area contributed by atoms with E-state index in [1.165, 1.54) is 18.4 Å². The number of carboxylic acid groups (broad SMARTS) is 1. The summed E-state index contributed by atoms with van der Waals surface area (Å²) in [5, 5.41) is 13.8. The van der Waals surface area contributed by atoms with Crippen molar-refractivity contribution < 1.29 is 14.6 Å². The van der Waals surface area contributed by atoms with Gasteiger partial charge in [-0.25, -0.2) is 4.79 Å². The quantitative estimate of drug-likeness (QED) is 0.803. The first kappa shape index (κ1) is 18.5. The number of hydrogen-bond acceptors (Lipinski definition) is 3. The Labute approximate surface area is 133 Å². The highest BCUT2D eigenvalue weighted by Gasteiger charge is 2.12. The van der Waals surface area contributed by atoms with Gasteiger partial charge >= 0.3 is 6.09 Å². The van der Waals surface area contributed by atoms with Crippen LogP contribution in [0.5, 0.6) is 0 Å². The van der Waals surface area contributed by atoms with Crippen LogP contribution >= 0.6 is 0 Å². The molecular weight excluding hydrogens is 280 g/mol. The Kier molecular flexibility index (Phi) is 7.91. The van der Waals surface area contributed by atoms with Crippen molar-refractivity contribution in [2.24, 2.45) is 0 Å². The zero-order chi connectivity index (χ0) is 16.4. The van der Waals surface area contributed by atoms with Gasteiger partial charge in [0.2, 0.25) is 0 Å². The van der Waals surface area contributed by atoms with Crippen LogP contribution in [0.2, 0.25) is 0 Å². The van der Waals surface area contributed by atoms with E-state index >= 15 is 0 Å². The van der Waals surface area contributed by atoms with Crippen molar-refractivity contribution in [1.29, 1.82) is 0 Å². The number of piperidine rings is 1. The van der Waals surface area contributed by atoms with E-state index in [-0.39, 0.29) is 5.54 Å². The van der Waals surface area contributed by atoms with Crippen molar-refractivity contribution >= 4 is 6.09 Å². The Balaban J connectivity index is 0.000000261. The summed E-state index contributed by atoms with van der Waals surface area (Å²) in [6.45, 7) is 8.27. The summed E-state index contributed by atoms with van der Waals surface area (Å²) >= 11 is 0. The molecule has 0 saturated carbocycles. The van der Waals surface area contributed by atoms with E-state index < -0.39 is 6.09 Å². The number of benzene rings is 1. The Hall–Kier alpha value is -1.59. The zero-order valence-electron chi connectivity index (χ0n) is 13.8. The second-order valence-corrected chi connectivity index (χ2v) is 6.45. The minimum Gasteiger partial charge on any atom is -0.465 e. The molecule has 3 N–H and O–H groups in total. The third kappa shape index (κ3) is 9.37. The fraction of sp³-hybridized carbons (Fsp3) is 0.588. The summed E-state index contributed by atoms with van der Waals surface area (Å²) < 4.78 is 5.81. The van der Waals surface area contributed by atoms with Gasteiger partial charge in [-0.2, -0.15) is 0 Å². The van der Waals surface area contributed by atoms with Gasteiger partial charge < -0.3 is 20.5 Å². The highest BCUT2D eigenvalue weighted by Crippen LogP contribution is 2.09. The molecule has 1 fully saturated rings. The molecule has 0 radical (unpaired) electrons. The normalized spacial score (nSPS) is 18.0. The van der Waals surface area contributed by atoms with E-state index in [2.05, 4.69) is 34.9 Å². The van der Waals surface area contributed by atoms with Gasteiger partial charge in [-0.3, -0.25) is 0 Å². The number of rotatable bonds is 3. The van der Waals surface area contributed by atoms with Crippen LogP contribution < -0.4 is 10.6 Å². The van der Waals surface area contributed by atoms with Crippen LogP contribution in [-0.4, -0.2) is 35.9 Å². The van der Waals surface area contributed by atoms with Crippen LogP contribution in [0.3, 0.4) is 0 Å². The van der Waals surface area contributed by atoms with E-state index in [0.29, 0.717) is 6.10 Å². The number of nitrogens with one attached hydrogen (secondary N) is 2. The topological polar surface area (TPSA) is 70.6 Å². The van der Waals surface area contributed by atoms with E-state index in [9.17, 15) is 4.79 Å². The first-order chi connectivity index (χ1) is 10.4. The molecule has 1 aromatic carbocycles. The molecule has 1 atom stereocenters. The highest BCUT2D eigenvalue weighted by molar-refractivity contribution is 5.65. The van der Waals surface area contributed by atoms with E-state index in [1.54, 1.807) is 20.8 Å². The summed E-state index contributed by atoms with van der Waals surface area (Å²) in [4.78, 5) is 9.90. The van der Waals surface area contributed by atoms with Gasteiger partial charge in [0.25, 0.3) is 0 Å². The molecule has 0 aromatic heterocycles. The summed E-state index contributed by atoms with van der Waals surface area (Å²) in [6.07, 6.45) is 1.86. The predicted molar refractivity (Wildman–Crippen MR) is 88.0 cm³/mol.